The smallest absolute Gasteiger partial charge is 0.270 e. The topological polar surface area (TPSA) is 58.6 Å². The maximum atomic E-state index is 13.2. The fourth-order valence-electron chi connectivity index (χ4n) is 3.37. The molecule has 1 heterocycles. The first kappa shape index (κ1) is 24.4. The summed E-state index contributed by atoms with van der Waals surface area (Å²) in [5.74, 6) is -0.420. The molecule has 0 saturated carbocycles. The maximum absolute atomic E-state index is 13.2. The van der Waals surface area contributed by atoms with Crippen molar-refractivity contribution in [1.29, 1.82) is 0 Å². The highest BCUT2D eigenvalue weighted by atomic mass is 79.9. The third-order valence-electron chi connectivity index (χ3n) is 5.10. The average molecular weight is 576 g/mol. The second-order valence-electron chi connectivity index (χ2n) is 7.48. The van der Waals surface area contributed by atoms with Crippen LogP contribution in [0.15, 0.2) is 70.7 Å². The second-order valence-corrected chi connectivity index (χ2v) is 9.63. The van der Waals surface area contributed by atoms with Gasteiger partial charge in [0.25, 0.3) is 11.8 Å². The van der Waals surface area contributed by atoms with E-state index in [0.717, 1.165) is 15.6 Å². The molecule has 5 nitrogen and oxygen atoms in total. The van der Waals surface area contributed by atoms with Crippen molar-refractivity contribution >= 4 is 80.0 Å². The molecule has 172 valence electrons. The van der Waals surface area contributed by atoms with E-state index in [1.54, 1.807) is 48.5 Å². The molecule has 0 aliphatic carbocycles. The molecule has 1 fully saturated rings. The van der Waals surface area contributed by atoms with Crippen LogP contribution in [0.3, 0.4) is 0 Å². The highest BCUT2D eigenvalue weighted by Crippen LogP contribution is 2.28. The van der Waals surface area contributed by atoms with Crippen LogP contribution in [0.5, 0.6) is 5.75 Å². The van der Waals surface area contributed by atoms with Gasteiger partial charge in [0.1, 0.15) is 17.9 Å². The van der Waals surface area contributed by atoms with Gasteiger partial charge in [-0.15, -0.1) is 0 Å². The minimum absolute atomic E-state index is 0.0162. The maximum Gasteiger partial charge on any atom is 0.270 e. The Kier molecular flexibility index (Phi) is 7.38. The van der Waals surface area contributed by atoms with Crippen molar-refractivity contribution in [1.82, 2.24) is 5.32 Å². The van der Waals surface area contributed by atoms with E-state index in [-0.39, 0.29) is 17.3 Å². The molecule has 3 aromatic carbocycles. The first-order valence-corrected chi connectivity index (χ1v) is 12.0. The van der Waals surface area contributed by atoms with Gasteiger partial charge < -0.3 is 4.74 Å². The molecular weight excluding hydrogens is 559 g/mol. The Balaban J connectivity index is 1.53. The summed E-state index contributed by atoms with van der Waals surface area (Å²) < 4.78 is 6.67. The van der Waals surface area contributed by atoms with E-state index in [1.807, 2.05) is 19.1 Å². The molecule has 2 amide bonds. The zero-order chi connectivity index (χ0) is 24.4. The summed E-state index contributed by atoms with van der Waals surface area (Å²) in [6.45, 7) is 2.14. The molecule has 3 aromatic rings. The van der Waals surface area contributed by atoms with Crippen LogP contribution in [-0.2, 0) is 16.2 Å². The first-order valence-electron chi connectivity index (χ1n) is 10.1. The van der Waals surface area contributed by atoms with Crippen molar-refractivity contribution in [3.05, 3.63) is 97.4 Å². The van der Waals surface area contributed by atoms with E-state index in [1.165, 1.54) is 11.0 Å². The van der Waals surface area contributed by atoms with Crippen molar-refractivity contribution in [3.63, 3.8) is 0 Å². The number of hydrogen-bond donors (Lipinski definition) is 1. The van der Waals surface area contributed by atoms with E-state index < -0.39 is 11.8 Å². The number of hydrogen-bond acceptors (Lipinski definition) is 4. The molecule has 34 heavy (non-hydrogen) atoms. The predicted octanol–water partition coefficient (Wildman–Crippen LogP) is 6.47. The van der Waals surface area contributed by atoms with Crippen LogP contribution in [-0.4, -0.2) is 16.9 Å². The molecule has 1 saturated heterocycles. The van der Waals surface area contributed by atoms with Gasteiger partial charge in [-0.05, 0) is 78.8 Å². The Hall–Kier alpha value is -2.71. The summed E-state index contributed by atoms with van der Waals surface area (Å²) in [5.41, 5.74) is 2.89. The molecule has 4 rings (SSSR count). The number of rotatable bonds is 5. The Morgan fingerprint density at radius 3 is 2.47 bits per heavy atom. The van der Waals surface area contributed by atoms with Gasteiger partial charge in [0.2, 0.25) is 0 Å². The standard InChI is InChI=1S/C25H17BrCl2N2O3S/c1-14-10-17(26)5-9-22(14)30-24(32)20(23(31)29-25(30)34)11-15-2-7-19(8-3-15)33-13-16-4-6-18(27)12-21(16)28/h2-12H,13H2,1H3,(H,29,31,34)/b20-11+. The highest BCUT2D eigenvalue weighted by molar-refractivity contribution is 9.10. The van der Waals surface area contributed by atoms with E-state index in [4.69, 9.17) is 40.2 Å². The van der Waals surface area contributed by atoms with Crippen LogP contribution in [0.1, 0.15) is 16.7 Å². The lowest BCUT2D eigenvalue weighted by atomic mass is 10.1. The molecule has 1 aliphatic heterocycles. The quantitative estimate of drug-likeness (QED) is 0.215. The lowest BCUT2D eigenvalue weighted by molar-refractivity contribution is -0.122. The van der Waals surface area contributed by atoms with Crippen molar-refractivity contribution in [2.75, 3.05) is 4.90 Å². The fraction of sp³-hybridized carbons (Fsp3) is 0.0800. The summed E-state index contributed by atoms with van der Waals surface area (Å²) >= 11 is 20.8. The highest BCUT2D eigenvalue weighted by Gasteiger charge is 2.35. The number of anilines is 1. The summed E-state index contributed by atoms with van der Waals surface area (Å²) in [5, 5.41) is 3.73. The summed E-state index contributed by atoms with van der Waals surface area (Å²) in [6.07, 6.45) is 1.53. The normalized spacial score (nSPS) is 15.0. The van der Waals surface area contributed by atoms with Gasteiger partial charge in [0, 0.05) is 20.1 Å². The van der Waals surface area contributed by atoms with Gasteiger partial charge in [-0.25, -0.2) is 0 Å². The van der Waals surface area contributed by atoms with Gasteiger partial charge >= 0.3 is 0 Å². The van der Waals surface area contributed by atoms with E-state index in [2.05, 4.69) is 21.2 Å². The molecule has 9 heteroatoms. The lowest BCUT2D eigenvalue weighted by Gasteiger charge is -2.30. The second kappa shape index (κ2) is 10.3. The van der Waals surface area contributed by atoms with Crippen molar-refractivity contribution in [2.24, 2.45) is 0 Å². The Labute approximate surface area is 220 Å². The third-order valence-corrected chi connectivity index (χ3v) is 6.47. The minimum atomic E-state index is -0.543. The molecule has 1 N–H and O–H groups in total. The van der Waals surface area contributed by atoms with Crippen LogP contribution in [0.4, 0.5) is 5.69 Å². The number of benzene rings is 3. The molecule has 0 bridgehead atoms. The van der Waals surface area contributed by atoms with Crippen molar-refractivity contribution in [2.45, 2.75) is 13.5 Å². The lowest BCUT2D eigenvalue weighted by Crippen LogP contribution is -2.54. The average Bonchev–Trinajstić information content (AvgIpc) is 2.78. The fourth-order valence-corrected chi connectivity index (χ4v) is 4.59. The van der Waals surface area contributed by atoms with E-state index in [0.29, 0.717) is 27.0 Å². The molecule has 0 spiro atoms. The van der Waals surface area contributed by atoms with Crippen molar-refractivity contribution in [3.8, 4) is 5.75 Å². The zero-order valence-corrected chi connectivity index (χ0v) is 21.7. The van der Waals surface area contributed by atoms with Crippen LogP contribution >= 0.6 is 51.3 Å². The molecule has 0 aromatic heterocycles. The number of ether oxygens (including phenoxy) is 1. The van der Waals surface area contributed by atoms with Gasteiger partial charge in [-0.1, -0.05) is 57.3 Å². The third kappa shape index (κ3) is 5.33. The van der Waals surface area contributed by atoms with Crippen LogP contribution < -0.4 is 15.0 Å². The number of carbonyl (C=O) groups is 2. The number of aryl methyl sites for hydroxylation is 1. The molecule has 0 unspecified atom stereocenters. The molecule has 0 radical (unpaired) electrons. The van der Waals surface area contributed by atoms with Crippen LogP contribution in [0, 0.1) is 6.92 Å². The molecule has 0 atom stereocenters. The summed E-state index contributed by atoms with van der Waals surface area (Å²) in [7, 11) is 0. The largest absolute Gasteiger partial charge is 0.489 e. The molecular formula is C25H17BrCl2N2O3S. The Bertz CT molecular complexity index is 1340. The molecule has 1 aliphatic rings. The number of thiocarbonyl (C=S) groups is 1. The number of nitrogens with one attached hydrogen (secondary N) is 1. The number of nitrogens with zero attached hydrogens (tertiary/aromatic N) is 1. The van der Waals surface area contributed by atoms with Gasteiger partial charge in [-0.3, -0.25) is 19.8 Å². The Morgan fingerprint density at radius 2 is 1.79 bits per heavy atom. The SMILES string of the molecule is Cc1cc(Br)ccc1N1C(=O)/C(=C/c2ccc(OCc3ccc(Cl)cc3Cl)cc2)C(=O)NC1=S. The van der Waals surface area contributed by atoms with E-state index in [9.17, 15) is 9.59 Å². The monoisotopic (exact) mass is 574 g/mol. The van der Waals surface area contributed by atoms with Gasteiger partial charge in [-0.2, -0.15) is 0 Å². The summed E-state index contributed by atoms with van der Waals surface area (Å²) in [6, 6.07) is 17.7. The minimum Gasteiger partial charge on any atom is -0.489 e. The number of carbonyl (C=O) groups excluding carboxylic acids is 2. The Morgan fingerprint density at radius 1 is 1.06 bits per heavy atom. The first-order chi connectivity index (χ1) is 16.2. The van der Waals surface area contributed by atoms with Gasteiger partial charge in [0.05, 0.1) is 5.69 Å². The van der Waals surface area contributed by atoms with Crippen LogP contribution in [0.2, 0.25) is 10.0 Å². The zero-order valence-electron chi connectivity index (χ0n) is 17.8. The van der Waals surface area contributed by atoms with Crippen LogP contribution in [0.25, 0.3) is 6.08 Å². The number of halogens is 3. The van der Waals surface area contributed by atoms with Crippen molar-refractivity contribution < 1.29 is 14.3 Å². The summed E-state index contributed by atoms with van der Waals surface area (Å²) in [4.78, 5) is 27.1. The van der Waals surface area contributed by atoms with E-state index >= 15 is 0 Å². The van der Waals surface area contributed by atoms with Gasteiger partial charge in [0.15, 0.2) is 5.11 Å². The predicted molar refractivity (Wildman–Crippen MR) is 142 cm³/mol. The number of amides is 2.